The lowest BCUT2D eigenvalue weighted by molar-refractivity contribution is 0.243. The largest absolute Gasteiger partial charge is 0.367 e. The van der Waals surface area contributed by atoms with Crippen LogP contribution < -0.4 is 16.0 Å². The third-order valence-corrected chi connectivity index (χ3v) is 6.20. The van der Waals surface area contributed by atoms with Crippen LogP contribution >= 0.6 is 11.6 Å². The first-order chi connectivity index (χ1) is 16.1. The van der Waals surface area contributed by atoms with Crippen molar-refractivity contribution in [2.24, 2.45) is 0 Å². The molecule has 0 atom stereocenters. The molecule has 1 fully saturated rings. The van der Waals surface area contributed by atoms with Gasteiger partial charge in [0.1, 0.15) is 16.6 Å². The van der Waals surface area contributed by atoms with Crippen LogP contribution in [-0.2, 0) is 0 Å². The van der Waals surface area contributed by atoms with Crippen molar-refractivity contribution in [1.29, 1.82) is 0 Å². The van der Waals surface area contributed by atoms with E-state index in [4.69, 9.17) is 11.6 Å². The highest BCUT2D eigenvalue weighted by Gasteiger charge is 2.23. The number of aromatic amines is 1. The van der Waals surface area contributed by atoms with E-state index in [1.165, 1.54) is 0 Å². The molecule has 4 N–H and O–H groups in total. The van der Waals surface area contributed by atoms with Crippen molar-refractivity contribution in [3.05, 3.63) is 72.1 Å². The van der Waals surface area contributed by atoms with Crippen molar-refractivity contribution >= 4 is 40.2 Å². The Hall–Kier alpha value is -3.58. The van der Waals surface area contributed by atoms with Gasteiger partial charge in [-0.05, 0) is 67.6 Å². The van der Waals surface area contributed by atoms with Crippen molar-refractivity contribution in [2.45, 2.75) is 37.8 Å². The van der Waals surface area contributed by atoms with Crippen LogP contribution in [0.3, 0.4) is 0 Å². The number of carbonyl (C=O) groups excluding carboxylic acids is 1. The van der Waals surface area contributed by atoms with Gasteiger partial charge in [0.25, 0.3) is 0 Å². The van der Waals surface area contributed by atoms with Crippen LogP contribution in [0.5, 0.6) is 0 Å². The third-order valence-electron chi connectivity index (χ3n) is 6.00. The summed E-state index contributed by atoms with van der Waals surface area (Å²) in [6.07, 6.45) is 7.41. The number of pyridine rings is 2. The Bertz CT molecular complexity index is 1250. The van der Waals surface area contributed by atoms with Gasteiger partial charge in [0.05, 0.1) is 0 Å². The van der Waals surface area contributed by atoms with E-state index in [1.54, 1.807) is 6.20 Å². The van der Waals surface area contributed by atoms with Crippen LogP contribution in [0.4, 0.5) is 16.3 Å². The van der Waals surface area contributed by atoms with Crippen molar-refractivity contribution in [1.82, 2.24) is 20.3 Å². The summed E-state index contributed by atoms with van der Waals surface area (Å²) in [5.41, 5.74) is 3.67. The van der Waals surface area contributed by atoms with Gasteiger partial charge in [-0.1, -0.05) is 29.8 Å². The second-order valence-electron chi connectivity index (χ2n) is 8.32. The Labute approximate surface area is 197 Å². The van der Waals surface area contributed by atoms with Gasteiger partial charge in [0, 0.05) is 41.1 Å². The first kappa shape index (κ1) is 21.3. The van der Waals surface area contributed by atoms with Crippen LogP contribution in [0.25, 0.3) is 22.2 Å². The number of hydrogen-bond donors (Lipinski definition) is 4. The molecule has 168 valence electrons. The minimum absolute atomic E-state index is 0.160. The number of H-pyrrole nitrogens is 1. The second kappa shape index (κ2) is 9.50. The zero-order valence-corrected chi connectivity index (χ0v) is 18.8. The molecule has 1 aromatic carbocycles. The van der Waals surface area contributed by atoms with Gasteiger partial charge < -0.3 is 20.9 Å². The summed E-state index contributed by atoms with van der Waals surface area (Å²) >= 11 is 6.35. The standard InChI is InChI=1S/C25H25ClN6O/c26-22-13-16(21-15-28-24-20(21)7-4-12-27-24)14-23(32-22)29-18-8-10-19(11-9-18)31-25(33)30-17-5-2-1-3-6-17/h1-7,12-15,18-19H,8-11H2,(H,27,28)(H,29,32)(H2,30,31,33). The van der Waals surface area contributed by atoms with Crippen LogP contribution in [0, 0.1) is 0 Å². The summed E-state index contributed by atoms with van der Waals surface area (Å²) in [6, 6.07) is 17.6. The fourth-order valence-corrected chi connectivity index (χ4v) is 4.60. The van der Waals surface area contributed by atoms with Crippen molar-refractivity contribution < 1.29 is 4.79 Å². The lowest BCUT2D eigenvalue weighted by Crippen LogP contribution is -2.42. The van der Waals surface area contributed by atoms with Gasteiger partial charge in [0.15, 0.2) is 0 Å². The van der Waals surface area contributed by atoms with Crippen LogP contribution in [0.1, 0.15) is 25.7 Å². The van der Waals surface area contributed by atoms with Gasteiger partial charge >= 0.3 is 6.03 Å². The number of para-hydroxylation sites is 1. The average Bonchev–Trinajstić information content (AvgIpc) is 3.25. The normalized spacial score (nSPS) is 18.1. The summed E-state index contributed by atoms with van der Waals surface area (Å²) in [5.74, 6) is 0.758. The first-order valence-corrected chi connectivity index (χ1v) is 11.5. The number of anilines is 2. The summed E-state index contributed by atoms with van der Waals surface area (Å²) < 4.78 is 0. The smallest absolute Gasteiger partial charge is 0.319 e. The minimum atomic E-state index is -0.160. The number of nitrogens with zero attached hydrogens (tertiary/aromatic N) is 2. The lowest BCUT2D eigenvalue weighted by Gasteiger charge is -2.30. The molecule has 4 aromatic rings. The van der Waals surface area contributed by atoms with E-state index in [0.717, 1.165) is 59.3 Å². The fraction of sp³-hybridized carbons (Fsp3) is 0.240. The van der Waals surface area contributed by atoms with Crippen molar-refractivity contribution in [3.8, 4) is 11.1 Å². The predicted octanol–water partition coefficient (Wildman–Crippen LogP) is 5.82. The van der Waals surface area contributed by atoms with E-state index in [2.05, 4.69) is 30.9 Å². The number of amides is 2. The molecular formula is C25H25ClN6O. The molecule has 2 amide bonds. The van der Waals surface area contributed by atoms with E-state index < -0.39 is 0 Å². The molecule has 0 aliphatic heterocycles. The maximum Gasteiger partial charge on any atom is 0.319 e. The monoisotopic (exact) mass is 460 g/mol. The highest BCUT2D eigenvalue weighted by molar-refractivity contribution is 6.29. The topological polar surface area (TPSA) is 94.7 Å². The molecular weight excluding hydrogens is 436 g/mol. The summed E-state index contributed by atoms with van der Waals surface area (Å²) in [4.78, 5) is 24.3. The summed E-state index contributed by atoms with van der Waals surface area (Å²) in [7, 11) is 0. The molecule has 1 aliphatic carbocycles. The quantitative estimate of drug-likeness (QED) is 0.282. The van der Waals surface area contributed by atoms with Crippen molar-refractivity contribution in [2.75, 3.05) is 10.6 Å². The Kier molecular flexibility index (Phi) is 6.13. The third kappa shape index (κ3) is 5.09. The highest BCUT2D eigenvalue weighted by atomic mass is 35.5. The molecule has 7 nitrogen and oxygen atoms in total. The molecule has 0 saturated heterocycles. The predicted molar refractivity (Wildman–Crippen MR) is 133 cm³/mol. The van der Waals surface area contributed by atoms with Gasteiger partial charge in [-0.15, -0.1) is 0 Å². The van der Waals surface area contributed by atoms with Crippen LogP contribution in [0.2, 0.25) is 5.15 Å². The number of urea groups is 1. The number of hydrogen-bond acceptors (Lipinski definition) is 4. The minimum Gasteiger partial charge on any atom is -0.367 e. The Morgan fingerprint density at radius 1 is 1.00 bits per heavy atom. The lowest BCUT2D eigenvalue weighted by atomic mass is 9.91. The number of carbonyl (C=O) groups is 1. The summed E-state index contributed by atoms with van der Waals surface area (Å²) in [6.45, 7) is 0. The number of halogens is 1. The Morgan fingerprint density at radius 2 is 1.79 bits per heavy atom. The van der Waals surface area contributed by atoms with Crippen LogP contribution in [0.15, 0.2) is 67.0 Å². The van der Waals surface area contributed by atoms with Crippen LogP contribution in [-0.4, -0.2) is 33.1 Å². The number of aromatic nitrogens is 3. The molecule has 0 spiro atoms. The first-order valence-electron chi connectivity index (χ1n) is 11.1. The summed E-state index contributed by atoms with van der Waals surface area (Å²) in [5, 5.41) is 11.0. The zero-order valence-electron chi connectivity index (χ0n) is 18.0. The average molecular weight is 461 g/mol. The molecule has 3 heterocycles. The molecule has 33 heavy (non-hydrogen) atoms. The number of fused-ring (bicyclic) bond motifs is 1. The molecule has 1 saturated carbocycles. The van der Waals surface area contributed by atoms with E-state index in [0.29, 0.717) is 5.15 Å². The Balaban J connectivity index is 1.19. The number of benzene rings is 1. The van der Waals surface area contributed by atoms with E-state index in [1.807, 2.05) is 60.8 Å². The van der Waals surface area contributed by atoms with Gasteiger partial charge in [-0.25, -0.2) is 14.8 Å². The fourth-order valence-electron chi connectivity index (χ4n) is 4.39. The molecule has 8 heteroatoms. The van der Waals surface area contributed by atoms with Gasteiger partial charge in [-0.2, -0.15) is 0 Å². The number of nitrogens with one attached hydrogen (secondary N) is 4. The maximum atomic E-state index is 12.3. The molecule has 0 unspecified atom stereocenters. The Morgan fingerprint density at radius 3 is 2.61 bits per heavy atom. The molecule has 5 rings (SSSR count). The van der Waals surface area contributed by atoms with E-state index in [-0.39, 0.29) is 18.1 Å². The number of rotatable bonds is 5. The van der Waals surface area contributed by atoms with Gasteiger partial charge in [-0.3, -0.25) is 0 Å². The molecule has 1 aliphatic rings. The zero-order chi connectivity index (χ0) is 22.6. The molecule has 0 radical (unpaired) electrons. The maximum absolute atomic E-state index is 12.3. The van der Waals surface area contributed by atoms with Gasteiger partial charge in [0.2, 0.25) is 0 Å². The second-order valence-corrected chi connectivity index (χ2v) is 8.71. The van der Waals surface area contributed by atoms with Crippen molar-refractivity contribution in [3.63, 3.8) is 0 Å². The molecule has 0 bridgehead atoms. The van der Waals surface area contributed by atoms with E-state index in [9.17, 15) is 4.79 Å². The SMILES string of the molecule is O=C(Nc1ccccc1)NC1CCC(Nc2cc(-c3c[nH]c4ncccc34)cc(Cl)n2)CC1. The van der Waals surface area contributed by atoms with E-state index >= 15 is 0 Å². The molecule has 3 aromatic heterocycles. The highest BCUT2D eigenvalue weighted by Crippen LogP contribution is 2.31.